The molecule has 6 nitrogen and oxygen atoms in total. The van der Waals surface area contributed by atoms with Gasteiger partial charge in [0.05, 0.1) is 18.2 Å². The average molecular weight is 386 g/mol. The summed E-state index contributed by atoms with van der Waals surface area (Å²) in [5.74, 6) is -0.680. The molecule has 27 heavy (non-hydrogen) atoms. The van der Waals surface area contributed by atoms with E-state index in [1.54, 1.807) is 24.3 Å². The van der Waals surface area contributed by atoms with Crippen LogP contribution in [0.3, 0.4) is 0 Å². The molecule has 0 spiro atoms. The second-order valence-electron chi connectivity index (χ2n) is 6.38. The van der Waals surface area contributed by atoms with Gasteiger partial charge in [-0.1, -0.05) is 23.7 Å². The number of hydrogen-bond donors (Lipinski definition) is 2. The topological polar surface area (TPSA) is 78.5 Å². The molecule has 1 saturated heterocycles. The molecule has 2 aromatic carbocycles. The molecule has 2 N–H and O–H groups in total. The van der Waals surface area contributed by atoms with Crippen LogP contribution in [0.15, 0.2) is 48.5 Å². The summed E-state index contributed by atoms with van der Waals surface area (Å²) in [6.07, 6.45) is 0.869. The van der Waals surface area contributed by atoms with Crippen molar-refractivity contribution in [2.75, 3.05) is 16.8 Å². The summed E-state index contributed by atoms with van der Waals surface area (Å²) in [6.45, 7) is 2.00. The van der Waals surface area contributed by atoms with Gasteiger partial charge in [-0.15, -0.1) is 0 Å². The number of anilines is 2. The van der Waals surface area contributed by atoms with Crippen LogP contribution in [0.1, 0.15) is 18.9 Å². The molecule has 1 aliphatic heterocycles. The van der Waals surface area contributed by atoms with Crippen molar-refractivity contribution in [3.8, 4) is 0 Å². The zero-order valence-corrected chi connectivity index (χ0v) is 15.6. The highest BCUT2D eigenvalue weighted by Crippen LogP contribution is 2.24. The van der Waals surface area contributed by atoms with Crippen LogP contribution in [0.25, 0.3) is 0 Å². The number of carbonyl (C=O) groups excluding carboxylic acids is 3. The Bertz CT molecular complexity index is 850. The third-order valence-electron chi connectivity index (χ3n) is 4.31. The smallest absolute Gasteiger partial charge is 0.251 e. The molecule has 7 heteroatoms. The Morgan fingerprint density at radius 1 is 1.11 bits per heavy atom. The van der Waals surface area contributed by atoms with Crippen LogP contribution < -0.4 is 15.5 Å². The Morgan fingerprint density at radius 2 is 1.78 bits per heavy atom. The van der Waals surface area contributed by atoms with Crippen LogP contribution in [-0.4, -0.2) is 30.3 Å². The second-order valence-corrected chi connectivity index (χ2v) is 6.82. The summed E-state index contributed by atoms with van der Waals surface area (Å²) >= 11 is 5.87. The highest BCUT2D eigenvalue weighted by atomic mass is 35.5. The maximum atomic E-state index is 12.6. The molecule has 0 aromatic heterocycles. The second kappa shape index (κ2) is 8.33. The molecule has 0 saturated carbocycles. The number of carbonyl (C=O) groups is 3. The predicted molar refractivity (Wildman–Crippen MR) is 105 cm³/mol. The van der Waals surface area contributed by atoms with E-state index in [1.165, 1.54) is 11.8 Å². The highest BCUT2D eigenvalue weighted by Gasteiger charge is 2.39. The van der Waals surface area contributed by atoms with Crippen molar-refractivity contribution in [3.63, 3.8) is 0 Å². The number of hydrogen-bond acceptors (Lipinski definition) is 4. The first-order valence-electron chi connectivity index (χ1n) is 8.66. The highest BCUT2D eigenvalue weighted by molar-refractivity contribution is 6.30. The monoisotopic (exact) mass is 385 g/mol. The first kappa shape index (κ1) is 19.1. The Hall–Kier alpha value is -2.70. The van der Waals surface area contributed by atoms with Crippen molar-refractivity contribution in [1.29, 1.82) is 0 Å². The van der Waals surface area contributed by atoms with E-state index in [1.807, 2.05) is 24.3 Å². The van der Waals surface area contributed by atoms with Crippen molar-refractivity contribution in [3.05, 3.63) is 59.1 Å². The number of halogens is 1. The molecular formula is C20H20ClN3O3. The first-order chi connectivity index (χ1) is 12.9. The molecule has 1 unspecified atom stereocenters. The predicted octanol–water partition coefficient (Wildman–Crippen LogP) is 2.76. The van der Waals surface area contributed by atoms with Gasteiger partial charge in [-0.05, 0) is 54.9 Å². The van der Waals surface area contributed by atoms with Gasteiger partial charge in [0.15, 0.2) is 0 Å². The Balaban J connectivity index is 1.59. The van der Waals surface area contributed by atoms with Gasteiger partial charge in [0, 0.05) is 17.6 Å². The standard InChI is InChI=1S/C20H20ClN3O3/c1-13(25)23-16-6-8-17(9-7-16)24-19(26)12-18(20(24)27)22-11-10-14-2-4-15(21)5-3-14/h2-9,18,22H,10-12H2,1H3,(H,23,25). The van der Waals surface area contributed by atoms with Gasteiger partial charge in [0.25, 0.3) is 5.91 Å². The molecule has 140 valence electrons. The Morgan fingerprint density at radius 3 is 2.41 bits per heavy atom. The molecule has 1 atom stereocenters. The third kappa shape index (κ3) is 4.72. The van der Waals surface area contributed by atoms with E-state index in [4.69, 9.17) is 11.6 Å². The van der Waals surface area contributed by atoms with Gasteiger partial charge in [0.1, 0.15) is 0 Å². The van der Waals surface area contributed by atoms with Crippen LogP contribution in [-0.2, 0) is 20.8 Å². The van der Waals surface area contributed by atoms with Crippen LogP contribution in [0.5, 0.6) is 0 Å². The molecule has 2 aromatic rings. The van der Waals surface area contributed by atoms with Crippen LogP contribution in [0.2, 0.25) is 5.02 Å². The molecule has 0 aliphatic carbocycles. The summed E-state index contributed by atoms with van der Waals surface area (Å²) in [4.78, 5) is 37.2. The van der Waals surface area contributed by atoms with Crippen molar-refractivity contribution in [2.24, 2.45) is 0 Å². The fraction of sp³-hybridized carbons (Fsp3) is 0.250. The molecule has 1 heterocycles. The van der Waals surface area contributed by atoms with Crippen molar-refractivity contribution in [2.45, 2.75) is 25.8 Å². The summed E-state index contributed by atoms with van der Waals surface area (Å²) in [6, 6.07) is 13.6. The quantitative estimate of drug-likeness (QED) is 0.749. The minimum absolute atomic E-state index is 0.132. The third-order valence-corrected chi connectivity index (χ3v) is 4.56. The van der Waals surface area contributed by atoms with Crippen molar-refractivity contribution >= 4 is 40.7 Å². The minimum atomic E-state index is -0.528. The maximum absolute atomic E-state index is 12.6. The van der Waals surface area contributed by atoms with E-state index in [0.717, 1.165) is 12.0 Å². The molecule has 0 bridgehead atoms. The van der Waals surface area contributed by atoms with Crippen molar-refractivity contribution < 1.29 is 14.4 Å². The summed E-state index contributed by atoms with van der Waals surface area (Å²) < 4.78 is 0. The maximum Gasteiger partial charge on any atom is 0.251 e. The Labute approximate surface area is 162 Å². The molecular weight excluding hydrogens is 366 g/mol. The lowest BCUT2D eigenvalue weighted by Crippen LogP contribution is -2.39. The minimum Gasteiger partial charge on any atom is -0.326 e. The largest absolute Gasteiger partial charge is 0.326 e. The lowest BCUT2D eigenvalue weighted by atomic mass is 10.1. The Kier molecular flexibility index (Phi) is 5.88. The molecule has 0 radical (unpaired) electrons. The van der Waals surface area contributed by atoms with E-state index >= 15 is 0 Å². The molecule has 1 aliphatic rings. The van der Waals surface area contributed by atoms with E-state index in [-0.39, 0.29) is 24.1 Å². The molecule has 1 fully saturated rings. The number of nitrogens with zero attached hydrogens (tertiary/aromatic N) is 1. The first-order valence-corrected chi connectivity index (χ1v) is 9.04. The van der Waals surface area contributed by atoms with Gasteiger partial charge in [-0.2, -0.15) is 0 Å². The summed E-state index contributed by atoms with van der Waals surface area (Å²) in [5, 5.41) is 6.50. The SMILES string of the molecule is CC(=O)Nc1ccc(N2C(=O)CC(NCCc3ccc(Cl)cc3)C2=O)cc1. The lowest BCUT2D eigenvalue weighted by molar-refractivity contribution is -0.121. The van der Waals surface area contributed by atoms with E-state index in [9.17, 15) is 14.4 Å². The fourth-order valence-electron chi connectivity index (χ4n) is 3.00. The van der Waals surface area contributed by atoms with Gasteiger partial charge in [-0.25, -0.2) is 4.90 Å². The summed E-state index contributed by atoms with van der Waals surface area (Å²) in [5.41, 5.74) is 2.22. The van der Waals surface area contributed by atoms with E-state index < -0.39 is 6.04 Å². The molecule has 3 amide bonds. The van der Waals surface area contributed by atoms with Crippen LogP contribution in [0, 0.1) is 0 Å². The lowest BCUT2D eigenvalue weighted by Gasteiger charge is -2.16. The number of amides is 3. The van der Waals surface area contributed by atoms with Crippen LogP contribution >= 0.6 is 11.6 Å². The van der Waals surface area contributed by atoms with Gasteiger partial charge in [-0.3, -0.25) is 14.4 Å². The van der Waals surface area contributed by atoms with Gasteiger partial charge >= 0.3 is 0 Å². The number of imide groups is 1. The zero-order chi connectivity index (χ0) is 19.4. The average Bonchev–Trinajstić information content (AvgIpc) is 2.91. The van der Waals surface area contributed by atoms with E-state index in [2.05, 4.69) is 10.6 Å². The van der Waals surface area contributed by atoms with Gasteiger partial charge < -0.3 is 10.6 Å². The van der Waals surface area contributed by atoms with Crippen LogP contribution in [0.4, 0.5) is 11.4 Å². The van der Waals surface area contributed by atoms with E-state index in [0.29, 0.717) is 22.9 Å². The van der Waals surface area contributed by atoms with Gasteiger partial charge in [0.2, 0.25) is 11.8 Å². The molecule has 3 rings (SSSR count). The van der Waals surface area contributed by atoms with Crippen molar-refractivity contribution in [1.82, 2.24) is 5.32 Å². The normalized spacial score (nSPS) is 16.7. The number of rotatable bonds is 6. The number of nitrogens with one attached hydrogen (secondary N) is 2. The zero-order valence-electron chi connectivity index (χ0n) is 14.9. The summed E-state index contributed by atoms with van der Waals surface area (Å²) in [7, 11) is 0. The number of benzene rings is 2. The fourth-order valence-corrected chi connectivity index (χ4v) is 3.13.